The zero-order valence-corrected chi connectivity index (χ0v) is 26.5. The summed E-state index contributed by atoms with van der Waals surface area (Å²) in [4.78, 5) is 39.0. The fourth-order valence-corrected chi connectivity index (χ4v) is 5.82. The fraction of sp³-hybridized carbons (Fsp3) is 0.273. The lowest BCUT2D eigenvalue weighted by atomic mass is 10.0. The number of hydrogen-bond donors (Lipinski definition) is 1. The highest BCUT2D eigenvalue weighted by atomic mass is 32.2. The molecule has 0 fully saturated rings. The monoisotopic (exact) mass is 630 g/mol. The summed E-state index contributed by atoms with van der Waals surface area (Å²) in [5, 5.41) is 3.45. The van der Waals surface area contributed by atoms with Crippen molar-refractivity contribution in [2.24, 2.45) is 0 Å². The van der Waals surface area contributed by atoms with E-state index in [1.54, 1.807) is 30.3 Å². The van der Waals surface area contributed by atoms with Crippen LogP contribution in [0.1, 0.15) is 28.6 Å². The van der Waals surface area contributed by atoms with Gasteiger partial charge in [-0.2, -0.15) is 0 Å². The average molecular weight is 631 g/mol. The second-order valence-electron chi connectivity index (χ2n) is 10.1. The van der Waals surface area contributed by atoms with Gasteiger partial charge in [0, 0.05) is 29.7 Å². The SMILES string of the molecule is COc1cc([C@H](C(=O)Nc2ccc3c(c2)OCO3)N(Cc2ccccc2)C(=O)CSc2nc(C)cc(C)n2)cc(OC)c1OC. The Morgan fingerprint density at radius 3 is 2.20 bits per heavy atom. The highest BCUT2D eigenvalue weighted by Gasteiger charge is 2.34. The Bertz CT molecular complexity index is 1640. The number of rotatable bonds is 12. The molecule has 11 nitrogen and oxygen atoms in total. The molecule has 0 aliphatic carbocycles. The van der Waals surface area contributed by atoms with Crippen LogP contribution >= 0.6 is 11.8 Å². The van der Waals surface area contributed by atoms with Crippen LogP contribution in [0.3, 0.4) is 0 Å². The predicted molar refractivity (Wildman–Crippen MR) is 169 cm³/mol. The van der Waals surface area contributed by atoms with Gasteiger partial charge < -0.3 is 33.9 Å². The topological polar surface area (TPSA) is 121 Å². The number of nitrogens with one attached hydrogen (secondary N) is 1. The Labute approximate surface area is 265 Å². The lowest BCUT2D eigenvalue weighted by Crippen LogP contribution is -2.42. The Balaban J connectivity index is 1.57. The minimum atomic E-state index is -1.11. The summed E-state index contributed by atoms with van der Waals surface area (Å²) >= 11 is 1.21. The van der Waals surface area contributed by atoms with E-state index in [-0.39, 0.29) is 25.0 Å². The van der Waals surface area contributed by atoms with E-state index in [1.807, 2.05) is 50.2 Å². The van der Waals surface area contributed by atoms with Gasteiger partial charge in [-0.3, -0.25) is 9.59 Å². The molecule has 0 unspecified atom stereocenters. The molecule has 45 heavy (non-hydrogen) atoms. The molecule has 0 saturated heterocycles. The number of nitrogens with zero attached hydrogens (tertiary/aromatic N) is 3. The van der Waals surface area contributed by atoms with Crippen LogP contribution in [0, 0.1) is 13.8 Å². The number of ether oxygens (including phenoxy) is 5. The summed E-state index contributed by atoms with van der Waals surface area (Å²) in [6, 6.07) is 18.7. The van der Waals surface area contributed by atoms with Crippen molar-refractivity contribution < 1.29 is 33.3 Å². The standard InChI is InChI=1S/C33H34N4O7S/c1-20-13-21(2)35-33(34-20)45-18-29(38)37(17-22-9-7-6-8-10-22)30(23-14-27(40-3)31(42-5)28(15-23)41-4)32(39)36-24-11-12-25-26(16-24)44-19-43-25/h6-16,30H,17-19H2,1-5H3,(H,36,39)/t30-/m1/s1. The summed E-state index contributed by atoms with van der Waals surface area (Å²) in [6.45, 7) is 4.00. The summed E-state index contributed by atoms with van der Waals surface area (Å²) in [6.07, 6.45) is 0. The van der Waals surface area contributed by atoms with Crippen molar-refractivity contribution >= 4 is 29.3 Å². The predicted octanol–water partition coefficient (Wildman–Crippen LogP) is 5.35. The highest BCUT2D eigenvalue weighted by molar-refractivity contribution is 7.99. The summed E-state index contributed by atoms with van der Waals surface area (Å²) in [5.41, 5.74) is 3.38. The zero-order valence-electron chi connectivity index (χ0n) is 25.7. The van der Waals surface area contributed by atoms with Crippen molar-refractivity contribution in [3.63, 3.8) is 0 Å². The lowest BCUT2D eigenvalue weighted by molar-refractivity contribution is -0.137. The van der Waals surface area contributed by atoms with E-state index < -0.39 is 11.9 Å². The van der Waals surface area contributed by atoms with E-state index >= 15 is 0 Å². The molecule has 12 heteroatoms. The molecule has 1 aliphatic rings. The van der Waals surface area contributed by atoms with Gasteiger partial charge in [-0.15, -0.1) is 0 Å². The van der Waals surface area contributed by atoms with E-state index in [9.17, 15) is 9.59 Å². The van der Waals surface area contributed by atoms with Gasteiger partial charge in [0.15, 0.2) is 28.2 Å². The molecular weight excluding hydrogens is 596 g/mol. The van der Waals surface area contributed by atoms with E-state index in [1.165, 1.54) is 38.0 Å². The minimum absolute atomic E-state index is 0.00600. The first-order valence-corrected chi connectivity index (χ1v) is 15.1. The Morgan fingerprint density at radius 1 is 0.889 bits per heavy atom. The van der Waals surface area contributed by atoms with Crippen LogP contribution in [0.15, 0.2) is 71.9 Å². The Kier molecular flexibility index (Phi) is 9.93. The quantitative estimate of drug-likeness (QED) is 0.162. The average Bonchev–Trinajstić information content (AvgIpc) is 3.51. The maximum absolute atomic E-state index is 14.3. The molecule has 0 radical (unpaired) electrons. The second kappa shape index (κ2) is 14.2. The van der Waals surface area contributed by atoms with Gasteiger partial charge in [-0.05, 0) is 55.3 Å². The van der Waals surface area contributed by atoms with Crippen molar-refractivity contribution in [3.05, 3.63) is 89.2 Å². The molecule has 1 N–H and O–H groups in total. The van der Waals surface area contributed by atoms with Crippen molar-refractivity contribution in [2.45, 2.75) is 31.6 Å². The maximum Gasteiger partial charge on any atom is 0.251 e. The van der Waals surface area contributed by atoms with Gasteiger partial charge in [0.1, 0.15) is 6.04 Å². The molecule has 2 heterocycles. The molecule has 0 saturated carbocycles. The van der Waals surface area contributed by atoms with Gasteiger partial charge in [-0.1, -0.05) is 42.1 Å². The molecule has 4 aromatic rings. The van der Waals surface area contributed by atoms with Crippen LogP contribution in [-0.4, -0.2) is 60.6 Å². The van der Waals surface area contributed by atoms with Crippen LogP contribution < -0.4 is 29.0 Å². The van der Waals surface area contributed by atoms with Gasteiger partial charge >= 0.3 is 0 Å². The summed E-state index contributed by atoms with van der Waals surface area (Å²) in [7, 11) is 4.49. The van der Waals surface area contributed by atoms with Gasteiger partial charge in [0.05, 0.1) is 27.1 Å². The van der Waals surface area contributed by atoms with E-state index in [4.69, 9.17) is 23.7 Å². The van der Waals surface area contributed by atoms with Crippen molar-refractivity contribution in [1.82, 2.24) is 14.9 Å². The van der Waals surface area contributed by atoms with E-state index in [0.29, 0.717) is 45.2 Å². The van der Waals surface area contributed by atoms with E-state index in [0.717, 1.165) is 17.0 Å². The largest absolute Gasteiger partial charge is 0.493 e. The van der Waals surface area contributed by atoms with Gasteiger partial charge in [-0.25, -0.2) is 9.97 Å². The molecule has 1 aromatic heterocycles. The smallest absolute Gasteiger partial charge is 0.251 e. The van der Waals surface area contributed by atoms with Gasteiger partial charge in [0.2, 0.25) is 18.4 Å². The number of aromatic nitrogens is 2. The third-order valence-electron chi connectivity index (χ3n) is 7.01. The van der Waals surface area contributed by atoms with Crippen molar-refractivity contribution in [3.8, 4) is 28.7 Å². The number of methoxy groups -OCH3 is 3. The van der Waals surface area contributed by atoms with E-state index in [2.05, 4.69) is 15.3 Å². The number of amides is 2. The molecular formula is C33H34N4O7S. The number of carbonyl (C=O) groups is 2. The Morgan fingerprint density at radius 2 is 1.56 bits per heavy atom. The van der Waals surface area contributed by atoms with Crippen molar-refractivity contribution in [2.75, 3.05) is 39.2 Å². The molecule has 1 atom stereocenters. The van der Waals surface area contributed by atoms with Gasteiger partial charge in [0.25, 0.3) is 5.91 Å². The number of carbonyl (C=O) groups excluding carboxylic acids is 2. The number of fused-ring (bicyclic) bond motifs is 1. The van der Waals surface area contributed by atoms with Crippen LogP contribution in [0.4, 0.5) is 5.69 Å². The lowest BCUT2D eigenvalue weighted by Gasteiger charge is -2.32. The number of thioether (sulfide) groups is 1. The molecule has 0 spiro atoms. The second-order valence-corrected chi connectivity index (χ2v) is 11.1. The molecule has 2 amide bonds. The third-order valence-corrected chi connectivity index (χ3v) is 7.84. The van der Waals surface area contributed by atoms with Crippen LogP contribution in [0.2, 0.25) is 0 Å². The first kappa shape index (κ1) is 31.5. The first-order chi connectivity index (χ1) is 21.8. The molecule has 1 aliphatic heterocycles. The number of anilines is 1. The van der Waals surface area contributed by atoms with Crippen LogP contribution in [0.5, 0.6) is 28.7 Å². The summed E-state index contributed by atoms with van der Waals surface area (Å²) in [5.74, 6) is 1.39. The first-order valence-electron chi connectivity index (χ1n) is 14.1. The number of aryl methyl sites for hydroxylation is 2. The number of hydrogen-bond acceptors (Lipinski definition) is 10. The Hall–Kier alpha value is -4.97. The normalized spacial score (nSPS) is 12.3. The number of benzene rings is 3. The fourth-order valence-electron chi connectivity index (χ4n) is 4.99. The summed E-state index contributed by atoms with van der Waals surface area (Å²) < 4.78 is 27.7. The zero-order chi connectivity index (χ0) is 31.9. The van der Waals surface area contributed by atoms with Crippen LogP contribution in [-0.2, 0) is 16.1 Å². The molecule has 234 valence electrons. The molecule has 5 rings (SSSR count). The van der Waals surface area contributed by atoms with Crippen LogP contribution in [0.25, 0.3) is 0 Å². The van der Waals surface area contributed by atoms with Crippen molar-refractivity contribution in [1.29, 1.82) is 0 Å². The molecule has 0 bridgehead atoms. The third kappa shape index (κ3) is 7.40. The highest BCUT2D eigenvalue weighted by Crippen LogP contribution is 2.42. The minimum Gasteiger partial charge on any atom is -0.493 e. The maximum atomic E-state index is 14.3. The molecule has 3 aromatic carbocycles.